The van der Waals surface area contributed by atoms with Gasteiger partial charge in [-0.2, -0.15) is 46.8 Å². The summed E-state index contributed by atoms with van der Waals surface area (Å²) >= 11 is 0. The van der Waals surface area contributed by atoms with E-state index < -0.39 is 8.07 Å². The zero-order chi connectivity index (χ0) is 39.4. The summed E-state index contributed by atoms with van der Waals surface area (Å²) in [5, 5.41) is 4.86. The van der Waals surface area contributed by atoms with E-state index in [4.69, 9.17) is 4.98 Å². The van der Waals surface area contributed by atoms with E-state index in [0.717, 1.165) is 34.8 Å². The molecule has 9 aromatic rings. The number of anilines is 3. The number of hydrogen-bond donors (Lipinski definition) is 0. The van der Waals surface area contributed by atoms with Crippen LogP contribution in [-0.2, 0) is 21.1 Å². The summed E-state index contributed by atoms with van der Waals surface area (Å²) in [5.41, 5.74) is 12.8. The number of fused-ring (bicyclic) bond motifs is 4. The molecule has 6 heteroatoms. The molecule has 0 unspecified atom stereocenters. The minimum absolute atomic E-state index is 0. The fraction of sp³-hybridized carbons (Fsp3) is 0.113. The van der Waals surface area contributed by atoms with Crippen molar-refractivity contribution < 1.29 is 21.1 Å². The molecule has 7 aromatic carbocycles. The molecule has 10 rings (SSSR count). The number of pyridine rings is 1. The van der Waals surface area contributed by atoms with E-state index in [-0.39, 0.29) is 21.1 Å². The van der Waals surface area contributed by atoms with Crippen molar-refractivity contribution >= 4 is 57.3 Å². The molecular formula is C53H44N4PtSi. The molecule has 0 aliphatic carbocycles. The van der Waals surface area contributed by atoms with Crippen LogP contribution in [0, 0.1) is 12.1 Å². The van der Waals surface area contributed by atoms with E-state index in [0.29, 0.717) is 6.04 Å². The Kier molecular flexibility index (Phi) is 10.2. The minimum Gasteiger partial charge on any atom is -0.349 e. The van der Waals surface area contributed by atoms with Crippen molar-refractivity contribution in [3.63, 3.8) is 0 Å². The zero-order valence-electron chi connectivity index (χ0n) is 33.6. The average molecular weight is 960 g/mol. The maximum absolute atomic E-state index is 5.09. The van der Waals surface area contributed by atoms with E-state index in [2.05, 4.69) is 223 Å². The Morgan fingerprint density at radius 1 is 0.576 bits per heavy atom. The predicted octanol–water partition coefficient (Wildman–Crippen LogP) is 11.9. The summed E-state index contributed by atoms with van der Waals surface area (Å²) in [4.78, 5) is 9.97. The molecule has 0 amide bonds. The first-order chi connectivity index (χ1) is 28.4. The molecule has 0 radical (unpaired) electrons. The maximum Gasteiger partial charge on any atom is 2.00 e. The van der Waals surface area contributed by atoms with Gasteiger partial charge in [0.25, 0.3) is 0 Å². The number of hydrogen-bond acceptors (Lipinski definition) is 3. The first-order valence-corrected chi connectivity index (χ1v) is 23.2. The van der Waals surface area contributed by atoms with Gasteiger partial charge in [-0.3, -0.25) is 0 Å². The van der Waals surface area contributed by atoms with Crippen LogP contribution < -0.4 is 20.2 Å². The van der Waals surface area contributed by atoms with Gasteiger partial charge in [-0.1, -0.05) is 133 Å². The Hall–Kier alpha value is -6.00. The second kappa shape index (κ2) is 15.6. The van der Waals surface area contributed by atoms with E-state index in [1.54, 1.807) is 0 Å². The molecule has 0 spiro atoms. The second-order valence-electron chi connectivity index (χ2n) is 16.0. The third-order valence-corrected chi connectivity index (χ3v) is 15.2. The van der Waals surface area contributed by atoms with Crippen molar-refractivity contribution in [2.45, 2.75) is 33.0 Å². The molecule has 0 N–H and O–H groups in total. The summed E-state index contributed by atoms with van der Waals surface area (Å²) in [5.74, 6) is 0.870. The van der Waals surface area contributed by atoms with Crippen molar-refractivity contribution in [1.82, 2.24) is 9.55 Å². The zero-order valence-corrected chi connectivity index (χ0v) is 36.9. The summed E-state index contributed by atoms with van der Waals surface area (Å²) < 4.78 is 2.32. The van der Waals surface area contributed by atoms with Crippen molar-refractivity contribution in [1.29, 1.82) is 0 Å². The van der Waals surface area contributed by atoms with Crippen LogP contribution in [0.1, 0.15) is 13.8 Å². The van der Waals surface area contributed by atoms with Crippen molar-refractivity contribution in [2.24, 2.45) is 0 Å². The minimum atomic E-state index is -2.30. The van der Waals surface area contributed by atoms with Crippen LogP contribution in [0.5, 0.6) is 0 Å². The van der Waals surface area contributed by atoms with Gasteiger partial charge in [-0.25, -0.2) is 4.98 Å². The Morgan fingerprint density at radius 2 is 1.20 bits per heavy atom. The van der Waals surface area contributed by atoms with Crippen LogP contribution in [0.25, 0.3) is 61.0 Å². The molecule has 2 aromatic heterocycles. The molecule has 0 bridgehead atoms. The summed E-state index contributed by atoms with van der Waals surface area (Å²) in [6.07, 6.45) is 1.96. The Labute approximate surface area is 362 Å². The van der Waals surface area contributed by atoms with Gasteiger partial charge in [0.05, 0.1) is 26.1 Å². The fourth-order valence-corrected chi connectivity index (χ4v) is 11.0. The van der Waals surface area contributed by atoms with Gasteiger partial charge in [0, 0.05) is 17.8 Å². The Morgan fingerprint density at radius 3 is 1.92 bits per heavy atom. The maximum atomic E-state index is 5.09. The molecule has 59 heavy (non-hydrogen) atoms. The molecular weight excluding hydrogens is 916 g/mol. The number of aromatic nitrogens is 2. The van der Waals surface area contributed by atoms with Crippen LogP contribution in [0.4, 0.5) is 17.1 Å². The van der Waals surface area contributed by atoms with Crippen LogP contribution in [0.15, 0.2) is 176 Å². The Bertz CT molecular complexity index is 2900. The number of rotatable bonds is 8. The second-order valence-corrected chi connectivity index (χ2v) is 20.4. The summed E-state index contributed by atoms with van der Waals surface area (Å²) in [6.45, 7) is 10.2. The monoisotopic (exact) mass is 959 g/mol. The van der Waals surface area contributed by atoms with E-state index >= 15 is 0 Å². The first kappa shape index (κ1) is 38.5. The SMILES string of the molecule is CC(C)N1CN(c2[c-]c([Si](C)(C)c3[c-]c4c(cc3)c3ccccc3n4-c3cc(-c4c(-c5ccccc5)cccc4-c4ccccc4)ccn3)ccc2)c2ccccc21.[Pt+2]. The van der Waals surface area contributed by atoms with Crippen molar-refractivity contribution in [3.8, 4) is 39.2 Å². The van der Waals surface area contributed by atoms with E-state index in [9.17, 15) is 0 Å². The quantitative estimate of drug-likeness (QED) is 0.112. The molecule has 0 saturated heterocycles. The molecule has 0 saturated carbocycles. The van der Waals surface area contributed by atoms with E-state index in [1.165, 1.54) is 60.3 Å². The van der Waals surface area contributed by atoms with Crippen molar-refractivity contribution in [2.75, 3.05) is 16.5 Å². The summed E-state index contributed by atoms with van der Waals surface area (Å²) in [7, 11) is -2.30. The standard InChI is InChI=1S/C53H44N4Si.Pt/c1-37(2)55-36-56(50-28-14-13-27-49(50)55)41-21-15-22-42(34-41)58(3,4)43-29-30-47-46-23-11-12-26-48(46)57(51(47)35-43)52-33-40(31-32-54-52)53-44(38-17-7-5-8-18-38)24-16-25-45(53)39-19-9-6-10-20-39;/h5-33,37H,36H2,1-4H3;/q-2;+2. The first-order valence-electron chi connectivity index (χ1n) is 20.2. The molecule has 0 atom stereocenters. The van der Waals surface area contributed by atoms with Gasteiger partial charge < -0.3 is 14.4 Å². The molecule has 1 aliphatic rings. The molecule has 0 fully saturated rings. The van der Waals surface area contributed by atoms with Gasteiger partial charge in [0.15, 0.2) is 0 Å². The van der Waals surface area contributed by atoms with Gasteiger partial charge in [0.1, 0.15) is 5.82 Å². The van der Waals surface area contributed by atoms with Crippen LogP contribution in [0.2, 0.25) is 13.1 Å². The van der Waals surface area contributed by atoms with Crippen LogP contribution in [0.3, 0.4) is 0 Å². The third-order valence-electron chi connectivity index (χ3n) is 11.9. The fourth-order valence-electron chi connectivity index (χ4n) is 8.78. The predicted molar refractivity (Wildman–Crippen MR) is 247 cm³/mol. The van der Waals surface area contributed by atoms with E-state index in [1.807, 2.05) is 6.20 Å². The third kappa shape index (κ3) is 6.73. The number of benzene rings is 7. The van der Waals surface area contributed by atoms with Gasteiger partial charge in [-0.15, -0.1) is 11.5 Å². The number of para-hydroxylation sites is 3. The normalized spacial score (nSPS) is 12.6. The van der Waals surface area contributed by atoms with Crippen LogP contribution >= 0.6 is 0 Å². The summed E-state index contributed by atoms with van der Waals surface area (Å²) in [6, 6.07) is 69.5. The van der Waals surface area contributed by atoms with Gasteiger partial charge in [-0.05, 0) is 82.9 Å². The van der Waals surface area contributed by atoms with Crippen LogP contribution in [-0.4, -0.2) is 30.3 Å². The van der Waals surface area contributed by atoms with Gasteiger partial charge in [0.2, 0.25) is 0 Å². The Balaban J connectivity index is 0.00000449. The van der Waals surface area contributed by atoms with Crippen molar-refractivity contribution in [3.05, 3.63) is 188 Å². The molecule has 3 heterocycles. The average Bonchev–Trinajstić information content (AvgIpc) is 3.83. The molecule has 4 nitrogen and oxygen atoms in total. The molecule has 290 valence electrons. The largest absolute Gasteiger partial charge is 2.00 e. The topological polar surface area (TPSA) is 24.3 Å². The molecule has 1 aliphatic heterocycles. The van der Waals surface area contributed by atoms with Gasteiger partial charge >= 0.3 is 21.1 Å². The number of nitrogens with zero attached hydrogens (tertiary/aromatic N) is 4. The smallest absolute Gasteiger partial charge is 0.349 e.